The zero-order chi connectivity index (χ0) is 20.5. The Hall–Kier alpha value is -2.80. The van der Waals surface area contributed by atoms with Crippen LogP contribution in [0.15, 0.2) is 41.3 Å². The number of anilines is 1. The molecule has 0 saturated heterocycles. The summed E-state index contributed by atoms with van der Waals surface area (Å²) in [5.41, 5.74) is 2.92. The van der Waals surface area contributed by atoms with Crippen LogP contribution < -0.4 is 5.32 Å². The van der Waals surface area contributed by atoms with Gasteiger partial charge >= 0.3 is 0 Å². The SMILES string of the molecule is Cc1ccc(C)c2sc(NC(=O)CN(C)S(=O)(=O)c3ccccc3C#N)nc12. The standard InChI is InChI=1S/C19H18N4O3S2/c1-12-8-9-13(2)18-17(12)22-19(27-18)21-16(24)11-23(3)28(25,26)15-7-5-4-6-14(15)10-20/h4-9H,11H2,1-3H3,(H,21,22,24). The Morgan fingerprint density at radius 2 is 1.89 bits per heavy atom. The van der Waals surface area contributed by atoms with Crippen LogP contribution in [-0.4, -0.2) is 37.2 Å². The molecule has 0 atom stereocenters. The molecule has 144 valence electrons. The van der Waals surface area contributed by atoms with Crippen molar-refractivity contribution in [3.63, 3.8) is 0 Å². The molecule has 0 fully saturated rings. The second-order valence-electron chi connectivity index (χ2n) is 6.31. The van der Waals surface area contributed by atoms with Crippen LogP contribution in [0, 0.1) is 25.2 Å². The second-order valence-corrected chi connectivity index (χ2v) is 9.33. The zero-order valence-electron chi connectivity index (χ0n) is 15.6. The third-order valence-corrected chi connectivity index (χ3v) is 7.22. The fourth-order valence-electron chi connectivity index (χ4n) is 2.71. The molecule has 0 aliphatic rings. The van der Waals surface area contributed by atoms with Crippen molar-refractivity contribution in [3.05, 3.63) is 53.1 Å². The molecule has 0 bridgehead atoms. The highest BCUT2D eigenvalue weighted by Crippen LogP contribution is 2.30. The number of hydrogen-bond donors (Lipinski definition) is 1. The predicted molar refractivity (Wildman–Crippen MR) is 109 cm³/mol. The molecular weight excluding hydrogens is 396 g/mol. The molecule has 1 N–H and O–H groups in total. The number of carbonyl (C=O) groups is 1. The van der Waals surface area contributed by atoms with E-state index >= 15 is 0 Å². The minimum absolute atomic E-state index is 0.0341. The highest BCUT2D eigenvalue weighted by molar-refractivity contribution is 7.89. The number of aryl methyl sites for hydroxylation is 2. The van der Waals surface area contributed by atoms with E-state index in [0.717, 1.165) is 25.6 Å². The normalized spacial score (nSPS) is 11.5. The third-order valence-electron chi connectivity index (χ3n) is 4.25. The molecule has 0 radical (unpaired) electrons. The summed E-state index contributed by atoms with van der Waals surface area (Å²) in [5.74, 6) is -0.505. The fourth-order valence-corrected chi connectivity index (χ4v) is 5.00. The largest absolute Gasteiger partial charge is 0.301 e. The van der Waals surface area contributed by atoms with E-state index in [2.05, 4.69) is 10.3 Å². The summed E-state index contributed by atoms with van der Waals surface area (Å²) in [5, 5.41) is 12.2. The van der Waals surface area contributed by atoms with Crippen molar-refractivity contribution in [2.45, 2.75) is 18.7 Å². The molecule has 0 aliphatic heterocycles. The summed E-state index contributed by atoms with van der Waals surface area (Å²) in [6, 6.07) is 11.7. The van der Waals surface area contributed by atoms with Gasteiger partial charge in [-0.2, -0.15) is 9.57 Å². The number of aromatic nitrogens is 1. The summed E-state index contributed by atoms with van der Waals surface area (Å²) in [7, 11) is -2.67. The summed E-state index contributed by atoms with van der Waals surface area (Å²) in [6.07, 6.45) is 0. The lowest BCUT2D eigenvalue weighted by Gasteiger charge is -2.17. The molecule has 1 heterocycles. The average molecular weight is 415 g/mol. The van der Waals surface area contributed by atoms with Gasteiger partial charge in [0, 0.05) is 7.05 Å². The lowest BCUT2D eigenvalue weighted by atomic mass is 10.1. The first kappa shape index (κ1) is 19.9. The number of amides is 1. The van der Waals surface area contributed by atoms with Crippen molar-refractivity contribution in [1.82, 2.24) is 9.29 Å². The van der Waals surface area contributed by atoms with E-state index in [-0.39, 0.29) is 10.5 Å². The molecule has 0 aliphatic carbocycles. The fraction of sp³-hybridized carbons (Fsp3) is 0.211. The van der Waals surface area contributed by atoms with E-state index in [1.165, 1.54) is 36.6 Å². The van der Waals surface area contributed by atoms with E-state index < -0.39 is 22.5 Å². The first-order valence-electron chi connectivity index (χ1n) is 8.36. The number of nitrogens with zero attached hydrogens (tertiary/aromatic N) is 3. The topological polar surface area (TPSA) is 103 Å². The molecule has 28 heavy (non-hydrogen) atoms. The van der Waals surface area contributed by atoms with E-state index in [4.69, 9.17) is 5.26 Å². The zero-order valence-corrected chi connectivity index (χ0v) is 17.2. The van der Waals surface area contributed by atoms with Gasteiger partial charge in [-0.15, -0.1) is 0 Å². The maximum Gasteiger partial charge on any atom is 0.244 e. The Balaban J connectivity index is 1.79. The van der Waals surface area contributed by atoms with Gasteiger partial charge in [0.2, 0.25) is 15.9 Å². The Morgan fingerprint density at radius 3 is 2.57 bits per heavy atom. The number of nitriles is 1. The van der Waals surface area contributed by atoms with E-state index in [1.807, 2.05) is 32.0 Å². The van der Waals surface area contributed by atoms with Gasteiger partial charge in [-0.25, -0.2) is 13.4 Å². The summed E-state index contributed by atoms with van der Waals surface area (Å²) < 4.78 is 27.3. The lowest BCUT2D eigenvalue weighted by molar-refractivity contribution is -0.116. The van der Waals surface area contributed by atoms with Gasteiger partial charge in [0.15, 0.2) is 5.13 Å². The Morgan fingerprint density at radius 1 is 1.21 bits per heavy atom. The number of sulfonamides is 1. The molecule has 0 spiro atoms. The average Bonchev–Trinajstić information content (AvgIpc) is 3.09. The monoisotopic (exact) mass is 414 g/mol. The second kappa shape index (κ2) is 7.67. The lowest BCUT2D eigenvalue weighted by Crippen LogP contribution is -2.35. The van der Waals surface area contributed by atoms with Crippen molar-refractivity contribution >= 4 is 42.6 Å². The van der Waals surface area contributed by atoms with Crippen molar-refractivity contribution in [3.8, 4) is 6.07 Å². The quantitative estimate of drug-likeness (QED) is 0.691. The molecule has 1 amide bonds. The molecular formula is C19H18N4O3S2. The Kier molecular flexibility index (Phi) is 5.47. The Labute approximate surface area is 167 Å². The number of rotatable bonds is 5. The molecule has 1 aromatic heterocycles. The highest BCUT2D eigenvalue weighted by Gasteiger charge is 2.26. The smallest absolute Gasteiger partial charge is 0.244 e. The van der Waals surface area contributed by atoms with Crippen LogP contribution in [0.3, 0.4) is 0 Å². The number of thiazole rings is 1. The first-order chi connectivity index (χ1) is 13.2. The Bertz CT molecular complexity index is 1170. The number of hydrogen-bond acceptors (Lipinski definition) is 6. The van der Waals surface area contributed by atoms with Gasteiger partial charge in [-0.3, -0.25) is 4.79 Å². The predicted octanol–water partition coefficient (Wildman–Crippen LogP) is 3.04. The number of likely N-dealkylation sites (N-methyl/N-ethyl adjacent to an activating group) is 1. The van der Waals surface area contributed by atoms with Crippen LogP contribution in [0.25, 0.3) is 10.2 Å². The van der Waals surface area contributed by atoms with Crippen molar-refractivity contribution in [2.24, 2.45) is 0 Å². The number of fused-ring (bicyclic) bond motifs is 1. The number of carbonyl (C=O) groups excluding carboxylic acids is 1. The molecule has 3 aromatic rings. The van der Waals surface area contributed by atoms with Crippen LogP contribution in [0.4, 0.5) is 5.13 Å². The van der Waals surface area contributed by atoms with E-state index in [9.17, 15) is 13.2 Å². The van der Waals surface area contributed by atoms with Gasteiger partial charge in [0.1, 0.15) is 6.07 Å². The number of nitrogens with one attached hydrogen (secondary N) is 1. The minimum atomic E-state index is -3.97. The molecule has 0 saturated carbocycles. The van der Waals surface area contributed by atoms with Gasteiger partial charge in [-0.05, 0) is 37.1 Å². The van der Waals surface area contributed by atoms with Crippen LogP contribution in [-0.2, 0) is 14.8 Å². The maximum absolute atomic E-state index is 12.7. The van der Waals surface area contributed by atoms with Crippen LogP contribution in [0.2, 0.25) is 0 Å². The van der Waals surface area contributed by atoms with Crippen LogP contribution in [0.5, 0.6) is 0 Å². The van der Waals surface area contributed by atoms with Crippen molar-refractivity contribution < 1.29 is 13.2 Å². The summed E-state index contributed by atoms with van der Waals surface area (Å²) in [4.78, 5) is 16.7. The molecule has 2 aromatic carbocycles. The van der Waals surface area contributed by atoms with Crippen molar-refractivity contribution in [1.29, 1.82) is 5.26 Å². The molecule has 3 rings (SSSR count). The van der Waals surface area contributed by atoms with Gasteiger partial charge < -0.3 is 5.32 Å². The first-order valence-corrected chi connectivity index (χ1v) is 10.6. The molecule has 7 nitrogen and oxygen atoms in total. The summed E-state index contributed by atoms with van der Waals surface area (Å²) >= 11 is 1.35. The van der Waals surface area contributed by atoms with Gasteiger partial charge in [0.05, 0.1) is 27.2 Å². The number of benzene rings is 2. The molecule has 9 heteroatoms. The van der Waals surface area contributed by atoms with Gasteiger partial charge in [0.25, 0.3) is 0 Å². The highest BCUT2D eigenvalue weighted by atomic mass is 32.2. The van der Waals surface area contributed by atoms with Gasteiger partial charge in [-0.1, -0.05) is 35.6 Å². The minimum Gasteiger partial charge on any atom is -0.301 e. The third kappa shape index (κ3) is 3.75. The van der Waals surface area contributed by atoms with Crippen LogP contribution >= 0.6 is 11.3 Å². The van der Waals surface area contributed by atoms with Crippen molar-refractivity contribution in [2.75, 3.05) is 18.9 Å². The summed E-state index contributed by atoms with van der Waals surface area (Å²) in [6.45, 7) is 3.52. The maximum atomic E-state index is 12.7. The molecule has 0 unspecified atom stereocenters. The van der Waals surface area contributed by atoms with E-state index in [0.29, 0.717) is 5.13 Å². The van der Waals surface area contributed by atoms with E-state index in [1.54, 1.807) is 6.07 Å². The van der Waals surface area contributed by atoms with Crippen LogP contribution in [0.1, 0.15) is 16.7 Å².